The number of aromatic nitrogens is 1. The molecule has 3 aromatic rings. The molecular formula is C20H20N2O2S. The van der Waals surface area contributed by atoms with E-state index in [0.29, 0.717) is 0 Å². The van der Waals surface area contributed by atoms with Crippen LogP contribution in [0.15, 0.2) is 48.5 Å². The van der Waals surface area contributed by atoms with E-state index in [4.69, 9.17) is 4.74 Å². The van der Waals surface area contributed by atoms with E-state index in [1.54, 1.807) is 18.4 Å². The minimum atomic E-state index is -0.0515. The van der Waals surface area contributed by atoms with Gasteiger partial charge in [0.25, 0.3) is 0 Å². The zero-order valence-electron chi connectivity index (χ0n) is 14.5. The third-order valence-corrected chi connectivity index (χ3v) is 4.91. The third-order valence-electron chi connectivity index (χ3n) is 3.94. The van der Waals surface area contributed by atoms with Crippen molar-refractivity contribution in [2.75, 3.05) is 12.4 Å². The molecule has 0 fully saturated rings. The molecule has 1 heterocycles. The van der Waals surface area contributed by atoms with E-state index < -0.39 is 0 Å². The number of methoxy groups -OCH3 is 1. The van der Waals surface area contributed by atoms with Gasteiger partial charge in [-0.15, -0.1) is 11.3 Å². The van der Waals surface area contributed by atoms with Gasteiger partial charge in [0.2, 0.25) is 5.91 Å². The molecule has 0 radical (unpaired) electrons. The Bertz CT molecular complexity index is 885. The number of ether oxygens (including phenoxy) is 1. The van der Waals surface area contributed by atoms with Crippen LogP contribution < -0.4 is 10.1 Å². The van der Waals surface area contributed by atoms with Gasteiger partial charge in [-0.2, -0.15) is 0 Å². The summed E-state index contributed by atoms with van der Waals surface area (Å²) in [6, 6.07) is 15.6. The maximum Gasteiger partial charge on any atom is 0.231 e. The number of hydrogen-bond acceptors (Lipinski definition) is 4. The zero-order chi connectivity index (χ0) is 17.8. The van der Waals surface area contributed by atoms with Crippen LogP contribution in [0.5, 0.6) is 5.75 Å². The standard InChI is InChI=1S/C20H20N2O2S/c1-13-6-4-5-7-17(13)21-18(23)12-19-22-20(14(2)25-19)15-8-10-16(24-3)11-9-15/h4-11H,12H2,1-3H3,(H,21,23). The third kappa shape index (κ3) is 4.06. The second-order valence-electron chi connectivity index (χ2n) is 5.78. The number of rotatable bonds is 5. The predicted molar refractivity (Wildman–Crippen MR) is 102 cm³/mol. The molecule has 128 valence electrons. The molecule has 25 heavy (non-hydrogen) atoms. The average Bonchev–Trinajstić information content (AvgIpc) is 2.97. The van der Waals surface area contributed by atoms with E-state index in [-0.39, 0.29) is 12.3 Å². The van der Waals surface area contributed by atoms with Crippen molar-refractivity contribution in [2.45, 2.75) is 20.3 Å². The molecule has 1 aromatic heterocycles. The van der Waals surface area contributed by atoms with Gasteiger partial charge in [0.15, 0.2) is 0 Å². The first-order valence-corrected chi connectivity index (χ1v) is 8.84. The molecule has 0 bridgehead atoms. The summed E-state index contributed by atoms with van der Waals surface area (Å²) in [5, 5.41) is 3.77. The highest BCUT2D eigenvalue weighted by Gasteiger charge is 2.13. The fourth-order valence-corrected chi connectivity index (χ4v) is 3.54. The molecule has 1 amide bonds. The van der Waals surface area contributed by atoms with Gasteiger partial charge in [-0.25, -0.2) is 4.98 Å². The molecule has 0 aliphatic heterocycles. The number of thiazole rings is 1. The number of nitrogens with one attached hydrogen (secondary N) is 1. The van der Waals surface area contributed by atoms with Crippen LogP contribution in [-0.2, 0) is 11.2 Å². The number of carbonyl (C=O) groups is 1. The number of anilines is 1. The molecule has 0 atom stereocenters. The maximum atomic E-state index is 12.3. The summed E-state index contributed by atoms with van der Waals surface area (Å²) in [5.74, 6) is 0.763. The zero-order valence-corrected chi connectivity index (χ0v) is 15.3. The molecule has 0 saturated carbocycles. The molecule has 0 saturated heterocycles. The molecule has 5 heteroatoms. The highest BCUT2D eigenvalue weighted by molar-refractivity contribution is 7.12. The first-order chi connectivity index (χ1) is 12.1. The van der Waals surface area contributed by atoms with Gasteiger partial charge < -0.3 is 10.1 Å². The Kier molecular flexibility index (Phi) is 5.14. The largest absolute Gasteiger partial charge is 0.497 e. The summed E-state index contributed by atoms with van der Waals surface area (Å²) in [7, 11) is 1.65. The van der Waals surface area contributed by atoms with Gasteiger partial charge in [0, 0.05) is 16.1 Å². The normalized spacial score (nSPS) is 10.5. The summed E-state index contributed by atoms with van der Waals surface area (Å²) in [4.78, 5) is 18.1. The van der Waals surface area contributed by atoms with Gasteiger partial charge in [-0.05, 0) is 49.7 Å². The number of aryl methyl sites for hydroxylation is 2. The van der Waals surface area contributed by atoms with Crippen LogP contribution in [-0.4, -0.2) is 18.0 Å². The molecule has 3 rings (SSSR count). The van der Waals surface area contributed by atoms with Crippen LogP contribution in [0, 0.1) is 13.8 Å². The minimum Gasteiger partial charge on any atom is -0.497 e. The van der Waals surface area contributed by atoms with Crippen molar-refractivity contribution in [1.82, 2.24) is 4.98 Å². The van der Waals surface area contributed by atoms with Gasteiger partial charge in [-0.1, -0.05) is 18.2 Å². The summed E-state index contributed by atoms with van der Waals surface area (Å²) in [5.41, 5.74) is 3.84. The number of benzene rings is 2. The van der Waals surface area contributed by atoms with Crippen LogP contribution in [0.2, 0.25) is 0 Å². The van der Waals surface area contributed by atoms with E-state index in [0.717, 1.165) is 38.1 Å². The number of hydrogen-bond donors (Lipinski definition) is 1. The Morgan fingerprint density at radius 2 is 1.84 bits per heavy atom. The SMILES string of the molecule is COc1ccc(-c2nc(CC(=O)Nc3ccccc3C)sc2C)cc1. The highest BCUT2D eigenvalue weighted by Crippen LogP contribution is 2.29. The quantitative estimate of drug-likeness (QED) is 0.729. The van der Waals surface area contributed by atoms with E-state index in [1.165, 1.54) is 0 Å². The molecule has 0 spiro atoms. The lowest BCUT2D eigenvalue weighted by Gasteiger charge is -2.06. The van der Waals surface area contributed by atoms with Crippen LogP contribution in [0.25, 0.3) is 11.3 Å². The van der Waals surface area contributed by atoms with Crippen molar-refractivity contribution < 1.29 is 9.53 Å². The van der Waals surface area contributed by atoms with Crippen molar-refractivity contribution in [3.63, 3.8) is 0 Å². The monoisotopic (exact) mass is 352 g/mol. The van der Waals surface area contributed by atoms with Crippen LogP contribution >= 0.6 is 11.3 Å². The summed E-state index contributed by atoms with van der Waals surface area (Å²) in [6.45, 7) is 4.00. The van der Waals surface area contributed by atoms with Crippen molar-refractivity contribution in [3.05, 3.63) is 64.0 Å². The van der Waals surface area contributed by atoms with Crippen LogP contribution in [0.4, 0.5) is 5.69 Å². The second kappa shape index (κ2) is 7.49. The topological polar surface area (TPSA) is 51.2 Å². The minimum absolute atomic E-state index is 0.0515. The molecule has 1 N–H and O–H groups in total. The lowest BCUT2D eigenvalue weighted by Crippen LogP contribution is -2.14. The van der Waals surface area contributed by atoms with Crippen molar-refractivity contribution >= 4 is 22.9 Å². The number of carbonyl (C=O) groups excluding carboxylic acids is 1. The Balaban J connectivity index is 1.73. The molecule has 0 unspecified atom stereocenters. The summed E-state index contributed by atoms with van der Waals surface area (Å²) >= 11 is 1.56. The molecule has 4 nitrogen and oxygen atoms in total. The van der Waals surface area contributed by atoms with Crippen LogP contribution in [0.1, 0.15) is 15.4 Å². The van der Waals surface area contributed by atoms with Crippen molar-refractivity contribution in [2.24, 2.45) is 0 Å². The number of nitrogens with zero attached hydrogens (tertiary/aromatic N) is 1. The lowest BCUT2D eigenvalue weighted by molar-refractivity contribution is -0.115. The molecule has 0 aliphatic carbocycles. The Morgan fingerprint density at radius 1 is 1.12 bits per heavy atom. The first-order valence-electron chi connectivity index (χ1n) is 8.03. The van der Waals surface area contributed by atoms with Crippen molar-refractivity contribution in [3.8, 4) is 17.0 Å². The molecule has 0 aliphatic rings. The number of para-hydroxylation sites is 1. The smallest absolute Gasteiger partial charge is 0.231 e. The fraction of sp³-hybridized carbons (Fsp3) is 0.200. The van der Waals surface area contributed by atoms with Gasteiger partial charge in [-0.3, -0.25) is 4.79 Å². The molecular weight excluding hydrogens is 332 g/mol. The Hall–Kier alpha value is -2.66. The van der Waals surface area contributed by atoms with Crippen LogP contribution in [0.3, 0.4) is 0 Å². The molecule has 2 aromatic carbocycles. The van der Waals surface area contributed by atoms with E-state index in [1.807, 2.05) is 62.4 Å². The van der Waals surface area contributed by atoms with Gasteiger partial charge in [0.05, 0.1) is 19.2 Å². The Labute approximate surface area is 151 Å². The summed E-state index contributed by atoms with van der Waals surface area (Å²) < 4.78 is 5.19. The highest BCUT2D eigenvalue weighted by atomic mass is 32.1. The summed E-state index contributed by atoms with van der Waals surface area (Å²) in [6.07, 6.45) is 0.274. The average molecular weight is 352 g/mol. The second-order valence-corrected chi connectivity index (χ2v) is 7.07. The van der Waals surface area contributed by atoms with Gasteiger partial charge in [0.1, 0.15) is 10.8 Å². The van der Waals surface area contributed by atoms with E-state index in [9.17, 15) is 4.79 Å². The van der Waals surface area contributed by atoms with E-state index in [2.05, 4.69) is 10.3 Å². The fourth-order valence-electron chi connectivity index (χ4n) is 2.59. The Morgan fingerprint density at radius 3 is 2.52 bits per heavy atom. The maximum absolute atomic E-state index is 12.3. The first kappa shape index (κ1) is 17.2. The van der Waals surface area contributed by atoms with Gasteiger partial charge >= 0.3 is 0 Å². The van der Waals surface area contributed by atoms with Crippen molar-refractivity contribution in [1.29, 1.82) is 0 Å². The lowest BCUT2D eigenvalue weighted by atomic mass is 10.1. The van der Waals surface area contributed by atoms with E-state index >= 15 is 0 Å². The number of amides is 1. The predicted octanol–water partition coefficient (Wildman–Crippen LogP) is 4.62.